The summed E-state index contributed by atoms with van der Waals surface area (Å²) >= 11 is 0.134. The first-order valence-corrected chi connectivity index (χ1v) is 16.3. The Hall–Kier alpha value is -2.28. The van der Waals surface area contributed by atoms with Gasteiger partial charge in [-0.2, -0.15) is 0 Å². The quantitative estimate of drug-likeness (QED) is 0.354. The Balaban J connectivity index is 1.82. The number of aliphatic hydroxyl groups excluding tert-OH is 2. The number of hydrogen-bond acceptors (Lipinski definition) is 8. The van der Waals surface area contributed by atoms with Crippen molar-refractivity contribution in [2.45, 2.75) is 30.9 Å². The van der Waals surface area contributed by atoms with Crippen LogP contribution in [0.25, 0.3) is 0 Å². The third-order valence-corrected chi connectivity index (χ3v) is 10.9. The van der Waals surface area contributed by atoms with Crippen molar-refractivity contribution >= 4 is 18.0 Å². The van der Waals surface area contributed by atoms with E-state index in [1.54, 1.807) is 31.1 Å². The van der Waals surface area contributed by atoms with Gasteiger partial charge in [-0.15, -0.1) is 0 Å². The molecule has 2 aromatic carbocycles. The monoisotopic (exact) mass is 715 g/mol. The summed E-state index contributed by atoms with van der Waals surface area (Å²) in [6.45, 7) is 1.11. The SMILES string of the molecule is CC(=O)C1=C(O)[C@@H](N(C)C)[C@@H]2C[C@H]3C(=C(O)[C@]2(O)C1=O)C(=O)c1c(O)cccc1[C@@H]3c1cc[c]([RaH])cc1. The number of carbonyl (C=O) groups is 3. The van der Waals surface area contributed by atoms with Gasteiger partial charge in [0.1, 0.15) is 0 Å². The summed E-state index contributed by atoms with van der Waals surface area (Å²) in [5.41, 5.74) is -1.83. The molecule has 3 aliphatic rings. The predicted octanol–water partition coefficient (Wildman–Crippen LogP) is 1.72. The van der Waals surface area contributed by atoms with Gasteiger partial charge in [-0.05, 0) is 6.92 Å². The van der Waals surface area contributed by atoms with E-state index in [1.807, 2.05) is 24.3 Å². The zero-order valence-corrected chi connectivity index (χ0v) is 29.2. The molecule has 188 valence electrons. The van der Waals surface area contributed by atoms with E-state index in [0.717, 1.165) is 12.5 Å². The van der Waals surface area contributed by atoms with Crippen molar-refractivity contribution in [3.05, 3.63) is 81.8 Å². The molecule has 0 saturated carbocycles. The second-order valence-corrected chi connectivity index (χ2v) is 15.2. The van der Waals surface area contributed by atoms with Crippen LogP contribution in [0, 0.1) is 54.6 Å². The number of hydrogen-bond donors (Lipinski definition) is 4. The standard InChI is InChI=1S/C28H26NO7.Ra.H/c1-13(30)19-25(33)23(29(2)3)17-12-16-20(14-8-5-4-6-9-14)15-10-7-11-18(31)21(15)24(32)22(16)27(35)28(17,36)26(19)34;;/h5-11,16-17,20,23,31,33,35-36H,12H2,1-3H3;;/t16-,17+,20+,23+,28-;;/m1../s1. The van der Waals surface area contributed by atoms with E-state index in [4.69, 9.17) is 0 Å². The third kappa shape index (κ3) is 3.70. The maximum atomic E-state index is 13.8. The molecule has 3 aliphatic carbocycles. The fourth-order valence-electron chi connectivity index (χ4n) is 6.52. The van der Waals surface area contributed by atoms with Crippen LogP contribution in [0.5, 0.6) is 5.75 Å². The fourth-order valence-corrected chi connectivity index (χ4v) is 7.89. The topological polar surface area (TPSA) is 135 Å². The van der Waals surface area contributed by atoms with E-state index in [1.165, 1.54) is 6.67 Å². The molecule has 0 radical (unpaired) electrons. The molecule has 0 spiro atoms. The van der Waals surface area contributed by atoms with E-state index in [-0.39, 0.29) is 66.1 Å². The van der Waals surface area contributed by atoms with Gasteiger partial charge in [-0.3, -0.25) is 4.79 Å². The molecular formula is C28H27NO7Ra. The van der Waals surface area contributed by atoms with E-state index >= 15 is 0 Å². The van der Waals surface area contributed by atoms with Crippen LogP contribution in [-0.2, 0) is 9.59 Å². The number of fused-ring (bicyclic) bond motifs is 3. The molecule has 0 amide bonds. The second-order valence-electron chi connectivity index (χ2n) is 10.5. The number of rotatable bonds is 3. The molecule has 9 heteroatoms. The fraction of sp³-hybridized carbons (Fsp3) is 0.321. The number of aliphatic hydroxyl groups is 3. The van der Waals surface area contributed by atoms with Crippen LogP contribution in [0.15, 0.2) is 65.1 Å². The Morgan fingerprint density at radius 2 is 1.70 bits per heavy atom. The number of carbonyl (C=O) groups excluding carboxylic acids is 3. The summed E-state index contributed by atoms with van der Waals surface area (Å²) in [6.07, 6.45) is 0.0690. The summed E-state index contributed by atoms with van der Waals surface area (Å²) in [5, 5.41) is 45.2. The molecule has 0 aliphatic heterocycles. The third-order valence-electron chi connectivity index (χ3n) is 8.15. The molecule has 5 atom stereocenters. The molecule has 0 unspecified atom stereocenters. The first-order chi connectivity index (χ1) is 17.4. The number of likely N-dealkylation sites (N-methyl/N-ethyl adjacent to an activating group) is 1. The summed E-state index contributed by atoms with van der Waals surface area (Å²) in [4.78, 5) is 41.3. The summed E-state index contributed by atoms with van der Waals surface area (Å²) in [5.74, 6) is -6.21. The minimum absolute atomic E-state index is 0.0195. The predicted molar refractivity (Wildman–Crippen MR) is 131 cm³/mol. The Morgan fingerprint density at radius 3 is 2.30 bits per heavy atom. The summed E-state index contributed by atoms with van der Waals surface area (Å²) in [6, 6.07) is 11.9. The van der Waals surface area contributed by atoms with Crippen molar-refractivity contribution in [2.75, 3.05) is 14.1 Å². The second kappa shape index (κ2) is 9.18. The number of phenolic OH excluding ortho intramolecular Hbond substituents is 1. The van der Waals surface area contributed by atoms with Crippen LogP contribution in [0.2, 0.25) is 0 Å². The normalized spacial score (nSPS) is 29.2. The zero-order valence-electron chi connectivity index (χ0n) is 21.0. The molecule has 0 fully saturated rings. The van der Waals surface area contributed by atoms with Gasteiger partial charge in [0, 0.05) is 0 Å². The number of aromatic hydroxyl groups is 1. The van der Waals surface area contributed by atoms with Crippen molar-refractivity contribution in [3.8, 4) is 5.75 Å². The van der Waals surface area contributed by atoms with Crippen LogP contribution < -0.4 is 0.604 Å². The van der Waals surface area contributed by atoms with Gasteiger partial charge < -0.3 is 0 Å². The van der Waals surface area contributed by atoms with Crippen LogP contribution >= 0.6 is 0 Å². The molecule has 0 saturated heterocycles. The van der Waals surface area contributed by atoms with Gasteiger partial charge in [0.2, 0.25) is 0 Å². The Morgan fingerprint density at radius 1 is 1.05 bits per heavy atom. The van der Waals surface area contributed by atoms with Crippen LogP contribution in [-0.4, -0.2) is 68.4 Å². The van der Waals surface area contributed by atoms with Gasteiger partial charge in [0.15, 0.2) is 0 Å². The van der Waals surface area contributed by atoms with Crippen molar-refractivity contribution in [1.29, 1.82) is 0 Å². The molecular weight excluding hydrogens is 688 g/mol. The molecule has 37 heavy (non-hydrogen) atoms. The molecule has 0 aromatic heterocycles. The Kier molecular flexibility index (Phi) is 6.53. The number of Topliss-reactive ketones (excluding diaryl/α,β-unsaturated/α-hetero) is 3. The van der Waals surface area contributed by atoms with Gasteiger partial charge in [-0.25, -0.2) is 0 Å². The summed E-state index contributed by atoms with van der Waals surface area (Å²) in [7, 11) is 3.29. The number of nitrogens with zero attached hydrogens (tertiary/aromatic N) is 1. The number of ketones is 3. The van der Waals surface area contributed by atoms with E-state index in [0.29, 0.717) is 5.56 Å². The van der Waals surface area contributed by atoms with Crippen molar-refractivity contribution < 1.29 is 77.6 Å². The van der Waals surface area contributed by atoms with Gasteiger partial charge in [-0.1, -0.05) is 0 Å². The first-order valence-electron chi connectivity index (χ1n) is 12.2. The molecule has 0 bridgehead atoms. The number of phenols is 1. The van der Waals surface area contributed by atoms with Gasteiger partial charge in [0.05, 0.1) is 0 Å². The Bertz CT molecular complexity index is 1420. The maximum absolute atomic E-state index is 13.8. The van der Waals surface area contributed by atoms with Crippen molar-refractivity contribution in [2.24, 2.45) is 11.8 Å². The van der Waals surface area contributed by atoms with Gasteiger partial charge >= 0.3 is 233 Å². The van der Waals surface area contributed by atoms with E-state index in [2.05, 4.69) is 0 Å². The summed E-state index contributed by atoms with van der Waals surface area (Å²) < 4.78 is 1.26. The zero-order chi connectivity index (χ0) is 27.0. The van der Waals surface area contributed by atoms with Crippen LogP contribution in [0.3, 0.4) is 0 Å². The average Bonchev–Trinajstić information content (AvgIpc) is 2.82. The minimum atomic E-state index is -2.58. The number of benzene rings is 2. The molecule has 5 rings (SSSR count). The Labute approximate surface area is 243 Å². The van der Waals surface area contributed by atoms with Crippen molar-refractivity contribution in [1.82, 2.24) is 4.90 Å². The average molecular weight is 716 g/mol. The molecule has 2 aromatic rings. The number of allylic oxidation sites excluding steroid dienone is 1. The van der Waals surface area contributed by atoms with E-state index < -0.39 is 63.8 Å². The van der Waals surface area contributed by atoms with E-state index in [9.17, 15) is 34.8 Å². The van der Waals surface area contributed by atoms with Crippen LogP contribution in [0.4, 0.5) is 0 Å². The van der Waals surface area contributed by atoms with Crippen LogP contribution in [0.1, 0.15) is 40.7 Å². The first kappa shape index (κ1) is 26.3. The molecule has 8 nitrogen and oxygen atoms in total. The van der Waals surface area contributed by atoms with Gasteiger partial charge in [0.25, 0.3) is 0 Å². The van der Waals surface area contributed by atoms with Crippen molar-refractivity contribution in [3.63, 3.8) is 0 Å². The molecule has 0 heterocycles. The molecule has 4 N–H and O–H groups in total.